The molecule has 2 aliphatic carbocycles. The van der Waals surface area contributed by atoms with E-state index < -0.39 is 45.1 Å². The molecule has 111 heavy (non-hydrogen) atoms. The molecule has 0 amide bonds. The summed E-state index contributed by atoms with van der Waals surface area (Å²) >= 11 is 3.38. The van der Waals surface area contributed by atoms with Crippen molar-refractivity contribution >= 4 is 34.4 Å². The molecule has 11 heteroatoms. The van der Waals surface area contributed by atoms with Gasteiger partial charge in [0.05, 0.1) is 17.9 Å². The Balaban J connectivity index is 1.15. The minimum Gasteiger partial charge on any atom is -0.496 e. The molecule has 6 nitrogen and oxygen atoms in total. The summed E-state index contributed by atoms with van der Waals surface area (Å²) in [6.45, 7) is 15.6. The molecule has 1 aliphatic heterocycles. The standard InChI is InChI=1S/C100H111F3N4O2S2/c1-8-14-20-27-35-71-41-49-76(50-42-71)97(77-51-43-72(44-52-77)36-28-21-15-9-2)88-66-85-89(65-84(88)95-90(97)64-82(110-95)58-60-87-86(70-106)94(75(68-104)69-105)109-99(87,100(101,102)103)80-39-31-26-32-40-80)98(78-53-45-73(46-54-78)37-29-22-16-10-3,79-55-47-74(48-56-79)38-30-23-17-11-4)91-67-93(111-96(85)91)83-59-57-81(63-92(83)108-7)107(61-33-24-18-12-5)62-34-25-19-13-6/h26,31-32,39-60,63-67H,8-25,27-30,33-38,61-62H2,1-7H3/b60-58+. The Morgan fingerprint density at radius 3 is 1.25 bits per heavy atom. The molecule has 0 N–H and O–H groups in total. The van der Waals surface area contributed by atoms with Crippen LogP contribution in [-0.4, -0.2) is 26.4 Å². The number of alkyl halides is 3. The summed E-state index contributed by atoms with van der Waals surface area (Å²) in [5, 5.41) is 31.5. The lowest BCUT2D eigenvalue weighted by molar-refractivity contribution is -0.249. The summed E-state index contributed by atoms with van der Waals surface area (Å²) in [6, 6.07) is 67.0. The van der Waals surface area contributed by atoms with Crippen molar-refractivity contribution in [2.45, 2.75) is 244 Å². The number of nitrogens with zero attached hydrogens (tertiary/aromatic N) is 4. The number of methoxy groups -OCH3 is 1. The number of nitriles is 3. The molecule has 0 spiro atoms. The van der Waals surface area contributed by atoms with Crippen LogP contribution in [0.1, 0.15) is 273 Å². The smallest absolute Gasteiger partial charge is 0.437 e. The van der Waals surface area contributed by atoms with Crippen LogP contribution in [0.4, 0.5) is 18.9 Å². The molecule has 9 aromatic rings. The average Bonchev–Trinajstić information content (AvgIpc) is 1.50. The van der Waals surface area contributed by atoms with Crippen LogP contribution < -0.4 is 9.64 Å². The van der Waals surface area contributed by atoms with Gasteiger partial charge in [0.25, 0.3) is 5.60 Å². The van der Waals surface area contributed by atoms with Crippen LogP contribution in [0.15, 0.2) is 198 Å². The first-order valence-electron chi connectivity index (χ1n) is 41.7. The molecular weight excluding hydrogens is 1410 g/mol. The van der Waals surface area contributed by atoms with Crippen LogP contribution in [0.2, 0.25) is 0 Å². The van der Waals surface area contributed by atoms with E-state index in [9.17, 15) is 15.8 Å². The minimum atomic E-state index is -5.16. The lowest BCUT2D eigenvalue weighted by Crippen LogP contribution is -2.43. The van der Waals surface area contributed by atoms with Crippen molar-refractivity contribution in [1.82, 2.24) is 0 Å². The number of hydrogen-bond acceptors (Lipinski definition) is 8. The fraction of sp³-hybridized carbons (Fsp3) is 0.410. The number of anilines is 1. The molecule has 3 heterocycles. The maximum absolute atomic E-state index is 16.5. The summed E-state index contributed by atoms with van der Waals surface area (Å²) in [5.74, 6) is 0.153. The Hall–Kier alpha value is -9.18. The lowest BCUT2D eigenvalue weighted by atomic mass is 9.65. The van der Waals surface area contributed by atoms with Crippen molar-refractivity contribution in [3.8, 4) is 55.3 Å². The van der Waals surface area contributed by atoms with Gasteiger partial charge in [-0.05, 0) is 185 Å². The molecule has 3 aliphatic rings. The van der Waals surface area contributed by atoms with Crippen LogP contribution >= 0.6 is 22.7 Å². The van der Waals surface area contributed by atoms with Gasteiger partial charge in [-0.25, -0.2) is 0 Å². The predicted octanol–water partition coefficient (Wildman–Crippen LogP) is 28.3. The number of allylic oxidation sites excluding steroid dienone is 2. The normalized spacial score (nSPS) is 15.1. The third kappa shape index (κ3) is 16.7. The molecular formula is C100H111F3N4O2S2. The zero-order valence-electron chi connectivity index (χ0n) is 66.6. The Morgan fingerprint density at radius 2 is 0.856 bits per heavy atom. The number of fused-ring (bicyclic) bond motifs is 6. The number of halogens is 3. The van der Waals surface area contributed by atoms with Gasteiger partial charge in [0, 0.05) is 61.1 Å². The lowest BCUT2D eigenvalue weighted by Gasteiger charge is -2.36. The Labute approximate surface area is 668 Å². The summed E-state index contributed by atoms with van der Waals surface area (Å²) in [7, 11) is 1.82. The van der Waals surface area contributed by atoms with Gasteiger partial charge in [0.2, 0.25) is 0 Å². The Bertz CT molecular complexity index is 4700. The second kappa shape index (κ2) is 37.9. The first-order valence-corrected chi connectivity index (χ1v) is 43.4. The highest BCUT2D eigenvalue weighted by Crippen LogP contribution is 2.66. The van der Waals surface area contributed by atoms with E-state index in [1.165, 1.54) is 181 Å². The molecule has 12 rings (SSSR count). The molecule has 1 unspecified atom stereocenters. The monoisotopic (exact) mass is 1520 g/mol. The van der Waals surface area contributed by atoms with E-state index in [4.69, 9.17) is 9.47 Å². The van der Waals surface area contributed by atoms with Crippen LogP contribution in [0.3, 0.4) is 0 Å². The number of rotatable bonds is 40. The zero-order chi connectivity index (χ0) is 78.0. The van der Waals surface area contributed by atoms with E-state index >= 15 is 13.2 Å². The van der Waals surface area contributed by atoms with E-state index in [2.05, 4.69) is 186 Å². The van der Waals surface area contributed by atoms with Gasteiger partial charge >= 0.3 is 6.18 Å². The highest BCUT2D eigenvalue weighted by atomic mass is 32.1. The van der Waals surface area contributed by atoms with Gasteiger partial charge in [0.1, 0.15) is 29.5 Å². The molecule has 0 fully saturated rings. The molecule has 576 valence electrons. The van der Waals surface area contributed by atoms with Crippen LogP contribution in [0.25, 0.3) is 37.4 Å². The molecule has 2 aromatic heterocycles. The molecule has 0 bridgehead atoms. The summed E-state index contributed by atoms with van der Waals surface area (Å²) < 4.78 is 62.2. The number of ether oxygens (including phenoxy) is 2. The van der Waals surface area contributed by atoms with Gasteiger partial charge in [-0.15, -0.1) is 22.7 Å². The number of hydrogen-bond donors (Lipinski definition) is 0. The van der Waals surface area contributed by atoms with Crippen molar-refractivity contribution < 1.29 is 22.6 Å². The highest BCUT2D eigenvalue weighted by molar-refractivity contribution is 7.19. The van der Waals surface area contributed by atoms with Gasteiger partial charge in [-0.2, -0.15) is 29.0 Å². The molecule has 0 saturated carbocycles. The van der Waals surface area contributed by atoms with E-state index in [0.717, 1.165) is 163 Å². The van der Waals surface area contributed by atoms with Crippen molar-refractivity contribution in [2.24, 2.45) is 0 Å². The quantitative estimate of drug-likeness (QED) is 0.0281. The largest absolute Gasteiger partial charge is 0.496 e. The van der Waals surface area contributed by atoms with Gasteiger partial charge in [-0.1, -0.05) is 291 Å². The highest BCUT2D eigenvalue weighted by Gasteiger charge is 2.65. The average molecular weight is 1520 g/mol. The van der Waals surface area contributed by atoms with Crippen molar-refractivity contribution in [2.75, 3.05) is 25.1 Å². The van der Waals surface area contributed by atoms with E-state index in [1.54, 1.807) is 24.3 Å². The Morgan fingerprint density at radius 1 is 0.441 bits per heavy atom. The topological polar surface area (TPSA) is 93.1 Å². The van der Waals surface area contributed by atoms with Gasteiger partial charge in [0.15, 0.2) is 11.3 Å². The third-order valence-corrected chi connectivity index (χ3v) is 26.0. The van der Waals surface area contributed by atoms with E-state index in [-0.39, 0.29) is 5.56 Å². The van der Waals surface area contributed by atoms with Crippen LogP contribution in [-0.2, 0) is 46.9 Å². The maximum Gasteiger partial charge on any atom is 0.437 e. The second-order valence-electron chi connectivity index (χ2n) is 31.0. The van der Waals surface area contributed by atoms with Gasteiger partial charge < -0.3 is 14.4 Å². The first-order chi connectivity index (χ1) is 54.2. The van der Waals surface area contributed by atoms with Crippen molar-refractivity contribution in [1.29, 1.82) is 15.8 Å². The second-order valence-corrected chi connectivity index (χ2v) is 33.2. The number of unbranched alkanes of at least 4 members (excludes halogenated alkanes) is 18. The zero-order valence-corrected chi connectivity index (χ0v) is 68.2. The fourth-order valence-corrected chi connectivity index (χ4v) is 20.1. The summed E-state index contributed by atoms with van der Waals surface area (Å²) in [6.07, 6.45) is 29.8. The molecule has 0 saturated heterocycles. The number of aryl methyl sites for hydroxylation is 4. The van der Waals surface area contributed by atoms with E-state index in [1.807, 2.05) is 24.5 Å². The SMILES string of the molecule is CCCCCCc1ccc(C2(c3ccc(CCCCCC)cc3)c3cc4c(cc3-c3sc(/C=C/C5=C(C#N)C(=C(C#N)C#N)OC5(c5ccccc5)C(F)(F)F)cc32)C(c2ccc(CCCCCC)cc2)(c2ccc(CCCCCC)cc2)c2cc(-c3ccc(N(CCCCCC)CCCCCC)cc3OC)sc2-4)cc1. The first kappa shape index (κ1) is 81.3. The van der Waals surface area contributed by atoms with Crippen molar-refractivity contribution in [3.63, 3.8) is 0 Å². The predicted molar refractivity (Wildman–Crippen MR) is 456 cm³/mol. The minimum absolute atomic E-state index is 0.291. The molecule has 1 atom stereocenters. The summed E-state index contributed by atoms with van der Waals surface area (Å²) in [4.78, 5) is 6.56. The third-order valence-electron chi connectivity index (χ3n) is 23.6. The maximum atomic E-state index is 16.5. The van der Waals surface area contributed by atoms with Gasteiger partial charge in [-0.3, -0.25) is 0 Å². The number of benzene rings is 7. The molecule has 7 aromatic carbocycles. The molecule has 0 radical (unpaired) electrons. The van der Waals surface area contributed by atoms with Crippen LogP contribution in [0.5, 0.6) is 5.75 Å². The number of thiophene rings is 2. The summed E-state index contributed by atoms with van der Waals surface area (Å²) in [5.41, 5.74) is 11.5. The van der Waals surface area contributed by atoms with Crippen LogP contribution in [0, 0.1) is 34.0 Å². The van der Waals surface area contributed by atoms with E-state index in [0.29, 0.717) is 4.88 Å². The Kier molecular flexibility index (Phi) is 27.8. The van der Waals surface area contributed by atoms with Crippen molar-refractivity contribution in [3.05, 3.63) is 276 Å². The fourth-order valence-electron chi connectivity index (χ4n) is 17.7.